The number of fused-ring (bicyclic) bond motifs is 1. The summed E-state index contributed by atoms with van der Waals surface area (Å²) >= 11 is 6.05. The van der Waals surface area contributed by atoms with Gasteiger partial charge in [-0.05, 0) is 62.1 Å². The number of aryl methyl sites for hydroxylation is 2. The third-order valence-electron chi connectivity index (χ3n) is 5.52. The van der Waals surface area contributed by atoms with E-state index >= 15 is 0 Å². The number of pyridine rings is 2. The molecule has 7 heteroatoms. The van der Waals surface area contributed by atoms with Gasteiger partial charge in [0.05, 0.1) is 11.4 Å². The van der Waals surface area contributed by atoms with Gasteiger partial charge in [0.15, 0.2) is 0 Å². The van der Waals surface area contributed by atoms with Crippen LogP contribution in [-0.2, 0) is 16.1 Å². The second-order valence-corrected chi connectivity index (χ2v) is 9.66. The van der Waals surface area contributed by atoms with Crippen LogP contribution < -0.4 is 0 Å². The van der Waals surface area contributed by atoms with Gasteiger partial charge in [0.2, 0.25) is 0 Å². The highest BCUT2D eigenvalue weighted by Crippen LogP contribution is 2.22. The van der Waals surface area contributed by atoms with Crippen molar-refractivity contribution < 1.29 is 9.68 Å². The predicted molar refractivity (Wildman–Crippen MR) is 135 cm³/mol. The standard InChI is InChI=1S/C27H29ClN4O2/c1-19-10-11-20-7-6-9-24(25(20)30-19)31-33-17-27(2,3)18-34-32-26(23-8-4-5-16-29-23)21-12-14-22(28)15-13-21/h4-5,8,10-16H,6-7,9,17-18H2,1-3H3/b31-24+,32-26+. The highest BCUT2D eigenvalue weighted by atomic mass is 35.5. The largest absolute Gasteiger partial charge is 0.395 e. The van der Waals surface area contributed by atoms with Gasteiger partial charge < -0.3 is 9.68 Å². The van der Waals surface area contributed by atoms with E-state index in [1.807, 2.05) is 55.5 Å². The summed E-state index contributed by atoms with van der Waals surface area (Å²) in [5.74, 6) is 0. The number of oxime groups is 2. The van der Waals surface area contributed by atoms with Crippen LogP contribution in [0.2, 0.25) is 5.02 Å². The molecular weight excluding hydrogens is 448 g/mol. The molecule has 0 saturated carbocycles. The summed E-state index contributed by atoms with van der Waals surface area (Å²) < 4.78 is 0. The molecule has 0 atom stereocenters. The molecule has 0 bridgehead atoms. The van der Waals surface area contributed by atoms with E-state index in [-0.39, 0.29) is 5.41 Å². The van der Waals surface area contributed by atoms with Crippen molar-refractivity contribution >= 4 is 23.0 Å². The van der Waals surface area contributed by atoms with Crippen molar-refractivity contribution in [2.24, 2.45) is 15.7 Å². The van der Waals surface area contributed by atoms with E-state index in [9.17, 15) is 0 Å². The molecule has 34 heavy (non-hydrogen) atoms. The molecule has 0 fully saturated rings. The van der Waals surface area contributed by atoms with Crippen molar-refractivity contribution in [2.45, 2.75) is 40.0 Å². The zero-order valence-electron chi connectivity index (χ0n) is 19.8. The maximum Gasteiger partial charge on any atom is 0.135 e. The lowest BCUT2D eigenvalue weighted by molar-refractivity contribution is -0.0000655. The SMILES string of the molecule is Cc1ccc2c(n1)/C(=N/OCC(C)(C)CO/N=C(\c1ccc(Cl)cc1)c1ccccn1)CCC2. The van der Waals surface area contributed by atoms with Gasteiger partial charge in [0.1, 0.15) is 24.6 Å². The van der Waals surface area contributed by atoms with Gasteiger partial charge in [-0.3, -0.25) is 9.97 Å². The molecule has 1 aliphatic carbocycles. The van der Waals surface area contributed by atoms with E-state index in [2.05, 4.69) is 40.2 Å². The molecule has 0 amide bonds. The maximum atomic E-state index is 6.05. The Morgan fingerprint density at radius 2 is 1.79 bits per heavy atom. The Bertz CT molecular complexity index is 1170. The van der Waals surface area contributed by atoms with Crippen molar-refractivity contribution in [2.75, 3.05) is 13.2 Å². The first-order valence-corrected chi connectivity index (χ1v) is 11.8. The summed E-state index contributed by atoms with van der Waals surface area (Å²) in [6.07, 6.45) is 4.70. The number of hydrogen-bond acceptors (Lipinski definition) is 6. The summed E-state index contributed by atoms with van der Waals surface area (Å²) in [6, 6.07) is 17.3. The lowest BCUT2D eigenvalue weighted by Crippen LogP contribution is -2.25. The fourth-order valence-electron chi connectivity index (χ4n) is 3.65. The van der Waals surface area contributed by atoms with E-state index < -0.39 is 0 Å². The second kappa shape index (κ2) is 10.8. The zero-order valence-corrected chi connectivity index (χ0v) is 20.5. The van der Waals surface area contributed by atoms with Crippen molar-refractivity contribution in [3.8, 4) is 0 Å². The molecule has 176 valence electrons. The molecule has 0 spiro atoms. The number of hydrogen-bond donors (Lipinski definition) is 0. The Labute approximate surface area is 205 Å². The molecule has 0 saturated heterocycles. The van der Waals surface area contributed by atoms with Crippen LogP contribution in [-0.4, -0.2) is 34.6 Å². The summed E-state index contributed by atoms with van der Waals surface area (Å²) in [4.78, 5) is 20.7. The minimum Gasteiger partial charge on any atom is -0.395 e. The van der Waals surface area contributed by atoms with Crippen LogP contribution in [0, 0.1) is 12.3 Å². The summed E-state index contributed by atoms with van der Waals surface area (Å²) in [5.41, 5.74) is 6.05. The molecule has 4 rings (SSSR count). The van der Waals surface area contributed by atoms with Crippen LogP contribution >= 0.6 is 11.6 Å². The fraction of sp³-hybridized carbons (Fsp3) is 0.333. The van der Waals surface area contributed by atoms with E-state index in [0.717, 1.165) is 47.6 Å². The number of benzene rings is 1. The number of nitrogens with zero attached hydrogens (tertiary/aromatic N) is 4. The number of aromatic nitrogens is 2. The Morgan fingerprint density at radius 1 is 1.00 bits per heavy atom. The predicted octanol–water partition coefficient (Wildman–Crippen LogP) is 5.99. The van der Waals surface area contributed by atoms with Crippen LogP contribution in [0.5, 0.6) is 0 Å². The van der Waals surface area contributed by atoms with Gasteiger partial charge in [-0.25, -0.2) is 0 Å². The van der Waals surface area contributed by atoms with Crippen LogP contribution in [0.1, 0.15) is 54.9 Å². The summed E-state index contributed by atoms with van der Waals surface area (Å²) in [6.45, 7) is 6.87. The van der Waals surface area contributed by atoms with E-state index in [1.54, 1.807) is 6.20 Å². The molecule has 0 unspecified atom stereocenters. The van der Waals surface area contributed by atoms with Gasteiger partial charge >= 0.3 is 0 Å². The van der Waals surface area contributed by atoms with Crippen molar-refractivity contribution in [1.29, 1.82) is 0 Å². The Hall–Kier alpha value is -3.25. The molecular formula is C27H29ClN4O2. The lowest BCUT2D eigenvalue weighted by atomic mass is 9.94. The third kappa shape index (κ3) is 6.20. The normalized spacial score (nSPS) is 15.2. The van der Waals surface area contributed by atoms with Crippen molar-refractivity contribution in [3.63, 3.8) is 0 Å². The van der Waals surface area contributed by atoms with Gasteiger partial charge in [0, 0.05) is 27.9 Å². The average Bonchev–Trinajstić information content (AvgIpc) is 2.83. The molecule has 0 N–H and O–H groups in total. The fourth-order valence-corrected chi connectivity index (χ4v) is 3.77. The average molecular weight is 477 g/mol. The first kappa shape index (κ1) is 23.9. The number of rotatable bonds is 8. The second-order valence-electron chi connectivity index (χ2n) is 9.22. The minimum atomic E-state index is -0.305. The molecule has 1 aliphatic rings. The van der Waals surface area contributed by atoms with Gasteiger partial charge in [-0.15, -0.1) is 0 Å². The molecule has 6 nitrogen and oxygen atoms in total. The highest BCUT2D eigenvalue weighted by molar-refractivity contribution is 6.30. The first-order chi connectivity index (χ1) is 16.4. The molecule has 0 radical (unpaired) electrons. The third-order valence-corrected chi connectivity index (χ3v) is 5.77. The topological polar surface area (TPSA) is 69.0 Å². The summed E-state index contributed by atoms with van der Waals surface area (Å²) in [7, 11) is 0. The first-order valence-electron chi connectivity index (χ1n) is 11.4. The van der Waals surface area contributed by atoms with Crippen LogP contribution in [0.4, 0.5) is 0 Å². The van der Waals surface area contributed by atoms with Crippen LogP contribution in [0.3, 0.4) is 0 Å². The van der Waals surface area contributed by atoms with Gasteiger partial charge in [-0.1, -0.05) is 60.0 Å². The van der Waals surface area contributed by atoms with E-state index in [0.29, 0.717) is 23.9 Å². The van der Waals surface area contributed by atoms with Gasteiger partial charge in [-0.2, -0.15) is 0 Å². The molecule has 3 aromatic rings. The van der Waals surface area contributed by atoms with Crippen LogP contribution in [0.15, 0.2) is 71.1 Å². The lowest BCUT2D eigenvalue weighted by Gasteiger charge is -2.22. The van der Waals surface area contributed by atoms with Crippen LogP contribution in [0.25, 0.3) is 0 Å². The monoisotopic (exact) mass is 476 g/mol. The van der Waals surface area contributed by atoms with Crippen molar-refractivity contribution in [1.82, 2.24) is 9.97 Å². The van der Waals surface area contributed by atoms with E-state index in [1.165, 1.54) is 5.56 Å². The van der Waals surface area contributed by atoms with Crippen molar-refractivity contribution in [3.05, 3.63) is 94.0 Å². The zero-order chi connectivity index (χ0) is 24.0. The van der Waals surface area contributed by atoms with Gasteiger partial charge in [0.25, 0.3) is 0 Å². The maximum absolute atomic E-state index is 6.05. The highest BCUT2D eigenvalue weighted by Gasteiger charge is 2.22. The van der Waals surface area contributed by atoms with E-state index in [4.69, 9.17) is 21.3 Å². The Kier molecular flexibility index (Phi) is 7.58. The molecule has 2 heterocycles. The summed E-state index contributed by atoms with van der Waals surface area (Å²) in [5, 5.41) is 9.53. The quantitative estimate of drug-likeness (QED) is 0.295. The molecule has 2 aromatic heterocycles. The molecule has 1 aromatic carbocycles. The Balaban J connectivity index is 1.41. The minimum absolute atomic E-state index is 0.305. The number of halogens is 1. The Morgan fingerprint density at radius 3 is 2.56 bits per heavy atom. The molecule has 0 aliphatic heterocycles. The smallest absolute Gasteiger partial charge is 0.135 e.